The first-order chi connectivity index (χ1) is 18.0. The van der Waals surface area contributed by atoms with E-state index in [1.807, 2.05) is 33.7 Å². The van der Waals surface area contributed by atoms with Gasteiger partial charge in [0.15, 0.2) is 5.82 Å². The average Bonchev–Trinajstić information content (AvgIpc) is 3.40. The molecule has 1 saturated carbocycles. The SMILES string of the molecule is COC(=O)C1(N)CCN(c2nc3ccccc3n([C@H]3CC4CC[C@@H](C3)N4C3CCCCCCC3)c2=O)C1. The van der Waals surface area contributed by atoms with Crippen LogP contribution in [-0.2, 0) is 9.53 Å². The van der Waals surface area contributed by atoms with Crippen LogP contribution in [0.2, 0.25) is 0 Å². The van der Waals surface area contributed by atoms with Gasteiger partial charge in [0.1, 0.15) is 5.54 Å². The van der Waals surface area contributed by atoms with Crippen LogP contribution in [-0.4, -0.2) is 64.3 Å². The molecule has 3 aliphatic heterocycles. The molecule has 4 aliphatic rings. The lowest BCUT2D eigenvalue weighted by molar-refractivity contribution is -0.146. The molecule has 8 nitrogen and oxygen atoms in total. The molecule has 2 N–H and O–H groups in total. The highest BCUT2D eigenvalue weighted by Crippen LogP contribution is 2.44. The van der Waals surface area contributed by atoms with Crippen LogP contribution in [0.3, 0.4) is 0 Å². The fourth-order valence-electron chi connectivity index (χ4n) is 7.82. The normalized spacial score (nSPS) is 31.4. The number of nitrogens with zero attached hydrogens (tertiary/aromatic N) is 4. The number of aromatic nitrogens is 2. The summed E-state index contributed by atoms with van der Waals surface area (Å²) in [5.74, 6) is -0.0287. The van der Waals surface area contributed by atoms with Gasteiger partial charge in [-0.05, 0) is 57.1 Å². The average molecular weight is 508 g/mol. The molecule has 0 spiro atoms. The zero-order valence-electron chi connectivity index (χ0n) is 22.1. The molecule has 4 atom stereocenters. The van der Waals surface area contributed by atoms with Crippen molar-refractivity contribution in [3.63, 3.8) is 0 Å². The number of para-hydroxylation sites is 2. The molecule has 0 amide bonds. The molecule has 1 aromatic carbocycles. The van der Waals surface area contributed by atoms with E-state index in [1.165, 1.54) is 64.9 Å². The summed E-state index contributed by atoms with van der Waals surface area (Å²) in [5.41, 5.74) is 6.94. The quantitative estimate of drug-likeness (QED) is 0.630. The maximum Gasteiger partial charge on any atom is 0.327 e. The Morgan fingerprint density at radius 3 is 2.35 bits per heavy atom. The minimum atomic E-state index is -1.11. The third kappa shape index (κ3) is 4.46. The van der Waals surface area contributed by atoms with Crippen LogP contribution in [0.1, 0.15) is 83.1 Å². The van der Waals surface area contributed by atoms with Crippen molar-refractivity contribution in [3.8, 4) is 0 Å². The van der Waals surface area contributed by atoms with Crippen molar-refractivity contribution in [1.82, 2.24) is 14.5 Å². The second-order valence-electron chi connectivity index (χ2n) is 11.9. The minimum absolute atomic E-state index is 0.0587. The van der Waals surface area contributed by atoms with Gasteiger partial charge in [-0.3, -0.25) is 9.69 Å². The number of carbonyl (C=O) groups is 1. The topological polar surface area (TPSA) is 93.7 Å². The summed E-state index contributed by atoms with van der Waals surface area (Å²) < 4.78 is 6.98. The van der Waals surface area contributed by atoms with Gasteiger partial charge in [0.05, 0.1) is 18.1 Å². The number of benzene rings is 1. The van der Waals surface area contributed by atoms with E-state index in [4.69, 9.17) is 15.5 Å². The van der Waals surface area contributed by atoms with Crippen LogP contribution < -0.4 is 16.2 Å². The summed E-state index contributed by atoms with van der Waals surface area (Å²) in [6, 6.07) is 9.96. The van der Waals surface area contributed by atoms with E-state index < -0.39 is 11.5 Å². The number of rotatable bonds is 4. The molecular weight excluding hydrogens is 466 g/mol. The Kier molecular flexibility index (Phi) is 6.74. The summed E-state index contributed by atoms with van der Waals surface area (Å²) >= 11 is 0. The summed E-state index contributed by atoms with van der Waals surface area (Å²) in [7, 11) is 1.36. The molecule has 6 rings (SSSR count). The van der Waals surface area contributed by atoms with Gasteiger partial charge in [-0.25, -0.2) is 9.78 Å². The summed E-state index contributed by atoms with van der Waals surface area (Å²) in [6.07, 6.45) is 14.5. The van der Waals surface area contributed by atoms with Crippen LogP contribution in [0.15, 0.2) is 29.1 Å². The van der Waals surface area contributed by atoms with Crippen LogP contribution >= 0.6 is 0 Å². The number of hydrogen-bond donors (Lipinski definition) is 1. The monoisotopic (exact) mass is 507 g/mol. The highest BCUT2D eigenvalue weighted by molar-refractivity contribution is 5.83. The maximum atomic E-state index is 14.1. The van der Waals surface area contributed by atoms with Gasteiger partial charge >= 0.3 is 5.97 Å². The molecule has 37 heavy (non-hydrogen) atoms. The lowest BCUT2D eigenvalue weighted by Gasteiger charge is -2.45. The van der Waals surface area contributed by atoms with Crippen LogP contribution in [0, 0.1) is 0 Å². The van der Waals surface area contributed by atoms with Crippen molar-refractivity contribution < 1.29 is 9.53 Å². The number of ether oxygens (including phenoxy) is 1. The fraction of sp³-hybridized carbons (Fsp3) is 0.690. The van der Waals surface area contributed by atoms with Crippen molar-refractivity contribution in [2.45, 2.75) is 107 Å². The van der Waals surface area contributed by atoms with Gasteiger partial charge in [0.25, 0.3) is 5.56 Å². The zero-order chi connectivity index (χ0) is 25.6. The molecule has 4 fully saturated rings. The molecule has 3 saturated heterocycles. The summed E-state index contributed by atoms with van der Waals surface area (Å²) in [6.45, 7) is 0.753. The third-order valence-corrected chi connectivity index (χ3v) is 9.60. The number of anilines is 1. The predicted molar refractivity (Wildman–Crippen MR) is 145 cm³/mol. The van der Waals surface area contributed by atoms with E-state index in [2.05, 4.69) is 4.90 Å². The number of fused-ring (bicyclic) bond motifs is 3. The predicted octanol–water partition coefficient (Wildman–Crippen LogP) is 3.76. The van der Waals surface area contributed by atoms with Gasteiger partial charge in [-0.2, -0.15) is 0 Å². The van der Waals surface area contributed by atoms with Crippen LogP contribution in [0.5, 0.6) is 0 Å². The fourth-order valence-corrected chi connectivity index (χ4v) is 7.82. The molecule has 1 aromatic heterocycles. The number of methoxy groups -OCH3 is 1. The molecule has 2 aromatic rings. The largest absolute Gasteiger partial charge is 0.468 e. The molecule has 4 heterocycles. The van der Waals surface area contributed by atoms with Crippen molar-refractivity contribution in [3.05, 3.63) is 34.6 Å². The highest BCUT2D eigenvalue weighted by atomic mass is 16.5. The Morgan fingerprint density at radius 2 is 1.65 bits per heavy atom. The van der Waals surface area contributed by atoms with Gasteiger partial charge in [-0.15, -0.1) is 0 Å². The van der Waals surface area contributed by atoms with Gasteiger partial charge < -0.3 is 19.9 Å². The molecule has 8 heteroatoms. The van der Waals surface area contributed by atoms with Crippen LogP contribution in [0.25, 0.3) is 11.0 Å². The maximum absolute atomic E-state index is 14.1. The zero-order valence-corrected chi connectivity index (χ0v) is 22.1. The van der Waals surface area contributed by atoms with E-state index in [0.717, 1.165) is 23.9 Å². The summed E-state index contributed by atoms with van der Waals surface area (Å²) in [4.78, 5) is 36.0. The lowest BCUT2D eigenvalue weighted by Crippen LogP contribution is -2.52. The van der Waals surface area contributed by atoms with Crippen molar-refractivity contribution >= 4 is 22.8 Å². The molecule has 200 valence electrons. The standard InChI is InChI=1S/C29H41N5O3/c1-37-28(36)29(30)15-16-32(19-29)26-27(35)34(25-12-8-7-11-24(25)31-26)23-17-21-13-14-22(18-23)33(21)20-9-5-3-2-4-6-10-20/h7-8,11-12,20-23H,2-6,9-10,13-19,30H2,1H3/t21-,22?,23+,29?/m0/s1. The first-order valence-corrected chi connectivity index (χ1v) is 14.4. The number of esters is 1. The molecular formula is C29H41N5O3. The Hall–Kier alpha value is -2.45. The second-order valence-corrected chi connectivity index (χ2v) is 11.9. The molecule has 0 radical (unpaired) electrons. The Morgan fingerprint density at radius 1 is 0.973 bits per heavy atom. The number of piperidine rings is 1. The Labute approximate surface area is 219 Å². The van der Waals surface area contributed by atoms with Crippen molar-refractivity contribution in [2.24, 2.45) is 5.73 Å². The smallest absolute Gasteiger partial charge is 0.327 e. The van der Waals surface area contributed by atoms with E-state index in [-0.39, 0.29) is 18.1 Å². The molecule has 2 bridgehead atoms. The van der Waals surface area contributed by atoms with Crippen LogP contribution in [0.4, 0.5) is 5.82 Å². The van der Waals surface area contributed by atoms with E-state index in [0.29, 0.717) is 36.9 Å². The Balaban J connectivity index is 1.32. The first-order valence-electron chi connectivity index (χ1n) is 14.4. The number of hydrogen-bond acceptors (Lipinski definition) is 7. The second kappa shape index (κ2) is 10.0. The first kappa shape index (κ1) is 24.9. The van der Waals surface area contributed by atoms with Crippen molar-refractivity contribution in [2.75, 3.05) is 25.1 Å². The minimum Gasteiger partial charge on any atom is -0.468 e. The molecule has 1 aliphatic carbocycles. The van der Waals surface area contributed by atoms with Crippen molar-refractivity contribution in [1.29, 1.82) is 0 Å². The highest BCUT2D eigenvalue weighted by Gasteiger charge is 2.46. The molecule has 2 unspecified atom stereocenters. The summed E-state index contributed by atoms with van der Waals surface area (Å²) in [5, 5.41) is 0. The lowest BCUT2D eigenvalue weighted by atomic mass is 9.89. The third-order valence-electron chi connectivity index (χ3n) is 9.60. The van der Waals surface area contributed by atoms with Gasteiger partial charge in [0, 0.05) is 37.3 Å². The van der Waals surface area contributed by atoms with Gasteiger partial charge in [-0.1, -0.05) is 44.2 Å². The number of nitrogens with two attached hydrogens (primary N) is 1. The van der Waals surface area contributed by atoms with E-state index >= 15 is 0 Å². The number of carbonyl (C=O) groups excluding carboxylic acids is 1. The Bertz CT molecular complexity index is 1190. The van der Waals surface area contributed by atoms with Gasteiger partial charge in [0.2, 0.25) is 0 Å². The van der Waals surface area contributed by atoms with E-state index in [1.54, 1.807) is 0 Å². The van der Waals surface area contributed by atoms with E-state index in [9.17, 15) is 9.59 Å².